The topological polar surface area (TPSA) is 101 Å². The first-order valence-electron chi connectivity index (χ1n) is 6.22. The molecule has 0 aliphatic carbocycles. The summed E-state index contributed by atoms with van der Waals surface area (Å²) in [5.41, 5.74) is 3.93. The molecule has 1 aromatic heterocycles. The van der Waals surface area contributed by atoms with E-state index in [0.29, 0.717) is 16.4 Å². The molecule has 0 saturated carbocycles. The number of nitrogens with zero attached hydrogens (tertiary/aromatic N) is 2. The van der Waals surface area contributed by atoms with E-state index in [1.807, 2.05) is 0 Å². The number of benzene rings is 1. The minimum absolute atomic E-state index is 0.0975. The third kappa shape index (κ3) is 4.13. The fourth-order valence-corrected chi connectivity index (χ4v) is 2.28. The van der Waals surface area contributed by atoms with Crippen molar-refractivity contribution in [1.29, 1.82) is 0 Å². The quantitative estimate of drug-likeness (QED) is 0.480. The van der Waals surface area contributed by atoms with E-state index in [-0.39, 0.29) is 18.0 Å². The van der Waals surface area contributed by atoms with Crippen molar-refractivity contribution in [2.24, 2.45) is 5.10 Å². The van der Waals surface area contributed by atoms with E-state index < -0.39 is 5.97 Å². The molecule has 0 saturated heterocycles. The highest BCUT2D eigenvalue weighted by Gasteiger charge is 2.08. The third-order valence-corrected chi connectivity index (χ3v) is 3.46. The summed E-state index contributed by atoms with van der Waals surface area (Å²) in [5, 5.41) is 15.2. The van der Waals surface area contributed by atoms with Crippen molar-refractivity contribution in [3.8, 4) is 0 Å². The molecule has 7 nitrogen and oxygen atoms in total. The molecule has 0 bridgehead atoms. The fourth-order valence-electron chi connectivity index (χ4n) is 1.62. The van der Waals surface area contributed by atoms with Gasteiger partial charge in [-0.05, 0) is 6.07 Å². The summed E-state index contributed by atoms with van der Waals surface area (Å²) >= 11 is 1.29. The number of carboxylic acid groups (broad SMARTS) is 1. The first-order chi connectivity index (χ1) is 10.6. The Morgan fingerprint density at radius 1 is 1.45 bits per heavy atom. The van der Waals surface area contributed by atoms with Crippen LogP contribution in [0.3, 0.4) is 0 Å². The Morgan fingerprint density at radius 3 is 2.95 bits per heavy atom. The lowest BCUT2D eigenvalue weighted by Gasteiger charge is -1.99. The third-order valence-electron chi connectivity index (χ3n) is 2.66. The van der Waals surface area contributed by atoms with Crippen molar-refractivity contribution < 1.29 is 19.4 Å². The Bertz CT molecular complexity index is 712. The molecule has 22 heavy (non-hydrogen) atoms. The van der Waals surface area contributed by atoms with Crippen LogP contribution in [0.5, 0.6) is 0 Å². The van der Waals surface area contributed by atoms with E-state index in [4.69, 9.17) is 5.11 Å². The van der Waals surface area contributed by atoms with Gasteiger partial charge in [0.2, 0.25) is 5.13 Å². The summed E-state index contributed by atoms with van der Waals surface area (Å²) in [5.74, 6) is -1.38. The van der Waals surface area contributed by atoms with Crippen molar-refractivity contribution in [1.82, 2.24) is 4.98 Å². The number of hydrazone groups is 1. The molecule has 0 unspecified atom stereocenters. The Labute approximate surface area is 130 Å². The highest BCUT2D eigenvalue weighted by Crippen LogP contribution is 2.16. The number of hydrogen-bond acceptors (Lipinski definition) is 7. The van der Waals surface area contributed by atoms with Crippen LogP contribution in [0.15, 0.2) is 34.7 Å². The largest absolute Gasteiger partial charge is 0.478 e. The number of nitrogens with one attached hydrogen (secondary N) is 1. The summed E-state index contributed by atoms with van der Waals surface area (Å²) < 4.78 is 4.56. The van der Waals surface area contributed by atoms with Crippen LogP contribution in [0.4, 0.5) is 5.13 Å². The average molecular weight is 319 g/mol. The van der Waals surface area contributed by atoms with Crippen LogP contribution in [0, 0.1) is 0 Å². The maximum Gasteiger partial charge on any atom is 0.336 e. The zero-order valence-electron chi connectivity index (χ0n) is 11.6. The van der Waals surface area contributed by atoms with Gasteiger partial charge in [-0.15, -0.1) is 11.3 Å². The number of carboxylic acids is 1. The molecule has 0 fully saturated rings. The smallest absolute Gasteiger partial charge is 0.336 e. The lowest BCUT2D eigenvalue weighted by Crippen LogP contribution is -2.04. The standard InChI is InChI=1S/C14H13N3O4S/c1-21-12(18)6-10-8-22-14(16-10)17-15-7-9-4-2-3-5-11(9)13(19)20/h2-5,7-8H,6H2,1H3,(H,16,17)(H,19,20)/b15-7-. The Hall–Kier alpha value is -2.74. The molecule has 1 aromatic carbocycles. The van der Waals surface area contributed by atoms with Gasteiger partial charge >= 0.3 is 11.9 Å². The van der Waals surface area contributed by atoms with E-state index in [2.05, 4.69) is 20.2 Å². The van der Waals surface area contributed by atoms with E-state index in [0.717, 1.165) is 0 Å². The number of carbonyl (C=O) groups is 2. The molecule has 0 radical (unpaired) electrons. The number of thiazole rings is 1. The SMILES string of the molecule is COC(=O)Cc1csc(N/N=C\c2ccccc2C(=O)O)n1. The minimum atomic E-state index is -1.02. The lowest BCUT2D eigenvalue weighted by molar-refractivity contribution is -0.139. The highest BCUT2D eigenvalue weighted by molar-refractivity contribution is 7.13. The van der Waals surface area contributed by atoms with Gasteiger partial charge in [0.25, 0.3) is 0 Å². The van der Waals surface area contributed by atoms with E-state index in [1.54, 1.807) is 23.6 Å². The maximum atomic E-state index is 11.1. The van der Waals surface area contributed by atoms with Gasteiger partial charge in [0.05, 0.1) is 31.0 Å². The van der Waals surface area contributed by atoms with E-state index in [1.165, 1.54) is 30.7 Å². The second kappa shape index (κ2) is 7.32. The van der Waals surface area contributed by atoms with Crippen LogP contribution in [-0.4, -0.2) is 35.4 Å². The van der Waals surface area contributed by atoms with Crippen molar-refractivity contribution in [3.63, 3.8) is 0 Å². The van der Waals surface area contributed by atoms with Crippen LogP contribution in [0.2, 0.25) is 0 Å². The highest BCUT2D eigenvalue weighted by atomic mass is 32.1. The van der Waals surface area contributed by atoms with Crippen molar-refractivity contribution >= 4 is 34.6 Å². The number of aromatic nitrogens is 1. The molecular weight excluding hydrogens is 306 g/mol. The number of aromatic carboxylic acids is 1. The molecule has 0 spiro atoms. The van der Waals surface area contributed by atoms with Gasteiger partial charge in [-0.3, -0.25) is 10.2 Å². The van der Waals surface area contributed by atoms with Crippen molar-refractivity contribution in [2.45, 2.75) is 6.42 Å². The van der Waals surface area contributed by atoms with E-state index >= 15 is 0 Å². The fraction of sp³-hybridized carbons (Fsp3) is 0.143. The molecular formula is C14H13N3O4S. The van der Waals surface area contributed by atoms with Gasteiger partial charge in [0, 0.05) is 10.9 Å². The predicted octanol–water partition coefficient (Wildman–Crippen LogP) is 2.00. The first kappa shape index (κ1) is 15.6. The molecule has 0 atom stereocenters. The zero-order chi connectivity index (χ0) is 15.9. The summed E-state index contributed by atoms with van der Waals surface area (Å²) in [6.45, 7) is 0. The summed E-state index contributed by atoms with van der Waals surface area (Å²) in [7, 11) is 1.32. The van der Waals surface area contributed by atoms with Crippen LogP contribution in [-0.2, 0) is 16.0 Å². The van der Waals surface area contributed by atoms with Gasteiger partial charge in [-0.2, -0.15) is 5.10 Å². The Morgan fingerprint density at radius 2 is 2.23 bits per heavy atom. The Kier molecular flexibility index (Phi) is 5.21. The lowest BCUT2D eigenvalue weighted by atomic mass is 10.1. The van der Waals surface area contributed by atoms with Crippen LogP contribution < -0.4 is 5.43 Å². The molecule has 2 N–H and O–H groups in total. The monoisotopic (exact) mass is 319 g/mol. The molecule has 2 aromatic rings. The van der Waals surface area contributed by atoms with Crippen molar-refractivity contribution in [2.75, 3.05) is 12.5 Å². The number of methoxy groups -OCH3 is 1. The minimum Gasteiger partial charge on any atom is -0.478 e. The summed E-state index contributed by atoms with van der Waals surface area (Å²) in [6.07, 6.45) is 1.51. The number of ether oxygens (including phenoxy) is 1. The molecule has 0 aliphatic heterocycles. The van der Waals surface area contributed by atoms with E-state index in [9.17, 15) is 9.59 Å². The normalized spacial score (nSPS) is 10.6. The molecule has 1 heterocycles. The Balaban J connectivity index is 2.01. The molecule has 0 aliphatic rings. The van der Waals surface area contributed by atoms with Crippen LogP contribution in [0.25, 0.3) is 0 Å². The van der Waals surface area contributed by atoms with Gasteiger partial charge in [0.15, 0.2) is 0 Å². The summed E-state index contributed by atoms with van der Waals surface area (Å²) in [4.78, 5) is 26.3. The van der Waals surface area contributed by atoms with Gasteiger partial charge in [-0.1, -0.05) is 18.2 Å². The molecule has 8 heteroatoms. The average Bonchev–Trinajstić information content (AvgIpc) is 2.95. The maximum absolute atomic E-state index is 11.1. The van der Waals surface area contributed by atoms with Crippen LogP contribution in [0.1, 0.15) is 21.6 Å². The van der Waals surface area contributed by atoms with Gasteiger partial charge < -0.3 is 9.84 Å². The second-order valence-corrected chi connectivity index (χ2v) is 5.02. The predicted molar refractivity (Wildman–Crippen MR) is 82.5 cm³/mol. The van der Waals surface area contributed by atoms with Gasteiger partial charge in [0.1, 0.15) is 0 Å². The number of hydrogen-bond donors (Lipinski definition) is 2. The number of esters is 1. The van der Waals surface area contributed by atoms with Crippen LogP contribution >= 0.6 is 11.3 Å². The van der Waals surface area contributed by atoms with Crippen molar-refractivity contribution in [3.05, 3.63) is 46.5 Å². The zero-order valence-corrected chi connectivity index (χ0v) is 12.5. The molecule has 114 valence electrons. The van der Waals surface area contributed by atoms with Gasteiger partial charge in [-0.25, -0.2) is 9.78 Å². The summed E-state index contributed by atoms with van der Waals surface area (Å²) in [6, 6.07) is 6.53. The molecule has 2 rings (SSSR count). The number of carbonyl (C=O) groups excluding carboxylic acids is 1. The number of rotatable bonds is 6. The number of anilines is 1. The second-order valence-electron chi connectivity index (χ2n) is 4.16. The molecule has 0 amide bonds. The first-order valence-corrected chi connectivity index (χ1v) is 7.10.